The van der Waals surface area contributed by atoms with E-state index < -0.39 is 18.2 Å². The molecule has 1 aromatic carbocycles. The van der Waals surface area contributed by atoms with Gasteiger partial charge in [-0.1, -0.05) is 45.0 Å². The van der Waals surface area contributed by atoms with E-state index in [4.69, 9.17) is 0 Å². The Morgan fingerprint density at radius 2 is 1.77 bits per heavy atom. The van der Waals surface area contributed by atoms with Gasteiger partial charge < -0.3 is 14.6 Å². The van der Waals surface area contributed by atoms with E-state index in [1.165, 1.54) is 0 Å². The number of imidazole rings is 1. The highest BCUT2D eigenvalue weighted by Crippen LogP contribution is 2.32. The Balaban J connectivity index is 1.30. The van der Waals surface area contributed by atoms with Gasteiger partial charge in [-0.15, -0.1) is 11.3 Å². The zero-order valence-electron chi connectivity index (χ0n) is 23.3. The number of amides is 1. The Labute approximate surface area is 238 Å². The fourth-order valence-electron chi connectivity index (χ4n) is 5.55. The zero-order valence-corrected chi connectivity index (χ0v) is 24.1. The number of ketones is 1. The van der Waals surface area contributed by atoms with Crippen molar-refractivity contribution < 1.29 is 14.7 Å². The van der Waals surface area contributed by atoms with Gasteiger partial charge in [-0.3, -0.25) is 14.6 Å². The van der Waals surface area contributed by atoms with Crippen molar-refractivity contribution in [3.8, 4) is 21.7 Å². The fraction of sp³-hybridized carbons (Fsp3) is 0.387. The van der Waals surface area contributed by atoms with Gasteiger partial charge in [0, 0.05) is 43.5 Å². The summed E-state index contributed by atoms with van der Waals surface area (Å²) in [5.41, 5.74) is 6.70. The largest absolute Gasteiger partial charge is 0.391 e. The molecule has 1 aliphatic heterocycles. The molecule has 4 heterocycles. The van der Waals surface area contributed by atoms with E-state index in [-0.39, 0.29) is 36.5 Å². The standard InChI is InChI=1S/C31H35N5O3S/c1-19(2)29(35-16-26(33-17-35)23-9-11-32-12-10-23)31(39)36-15-25(37)14-27(36)28(38)13-20(3)22-5-7-24(8-6-22)30-21(4)34-18-40-30/h5-12,16-20,25,27,29,37H,13-15H2,1-4H3/t20-,25-,27+,29+/m1/s1. The molecule has 1 amide bonds. The second-order valence-electron chi connectivity index (χ2n) is 11.0. The minimum absolute atomic E-state index is 0.0173. The Kier molecular flexibility index (Phi) is 8.23. The lowest BCUT2D eigenvalue weighted by Crippen LogP contribution is -2.45. The number of pyridine rings is 1. The van der Waals surface area contributed by atoms with Crippen LogP contribution in [0.2, 0.25) is 0 Å². The number of aromatic nitrogens is 4. The lowest BCUT2D eigenvalue weighted by molar-refractivity contribution is -0.141. The van der Waals surface area contributed by atoms with E-state index in [0.717, 1.165) is 33.0 Å². The summed E-state index contributed by atoms with van der Waals surface area (Å²) in [4.78, 5) is 43.1. The van der Waals surface area contributed by atoms with Crippen molar-refractivity contribution >= 4 is 23.0 Å². The van der Waals surface area contributed by atoms with Crippen LogP contribution < -0.4 is 0 Å². The third-order valence-electron chi connectivity index (χ3n) is 7.71. The molecular formula is C31H35N5O3S. The van der Waals surface area contributed by atoms with Crippen LogP contribution in [0.25, 0.3) is 21.7 Å². The van der Waals surface area contributed by atoms with Crippen LogP contribution in [0.3, 0.4) is 0 Å². The summed E-state index contributed by atoms with van der Waals surface area (Å²) in [6.45, 7) is 8.16. The molecule has 3 aromatic heterocycles. The predicted octanol–water partition coefficient (Wildman–Crippen LogP) is 5.30. The van der Waals surface area contributed by atoms with E-state index in [9.17, 15) is 14.7 Å². The highest BCUT2D eigenvalue weighted by Gasteiger charge is 2.42. The molecule has 0 bridgehead atoms. The Bertz CT molecular complexity index is 1460. The number of aliphatic hydroxyl groups is 1. The Morgan fingerprint density at radius 3 is 2.42 bits per heavy atom. The normalized spacial score (nSPS) is 18.7. The number of benzene rings is 1. The van der Waals surface area contributed by atoms with E-state index in [1.54, 1.807) is 35.0 Å². The second-order valence-corrected chi connectivity index (χ2v) is 11.8. The maximum absolute atomic E-state index is 13.9. The maximum atomic E-state index is 13.9. The number of rotatable bonds is 9. The lowest BCUT2D eigenvalue weighted by atomic mass is 9.91. The van der Waals surface area contributed by atoms with E-state index in [0.29, 0.717) is 6.42 Å². The van der Waals surface area contributed by atoms with Crippen LogP contribution in [0.5, 0.6) is 0 Å². The monoisotopic (exact) mass is 557 g/mol. The van der Waals surface area contributed by atoms with Gasteiger partial charge in [0.1, 0.15) is 6.04 Å². The van der Waals surface area contributed by atoms with Crippen molar-refractivity contribution in [3.05, 3.63) is 78.1 Å². The summed E-state index contributed by atoms with van der Waals surface area (Å²) in [5, 5.41) is 10.5. The molecule has 208 valence electrons. The van der Waals surface area contributed by atoms with Gasteiger partial charge in [0.05, 0.1) is 40.2 Å². The first kappa shape index (κ1) is 27.9. The van der Waals surface area contributed by atoms with E-state index in [2.05, 4.69) is 39.2 Å². The quantitative estimate of drug-likeness (QED) is 0.300. The molecule has 1 saturated heterocycles. The number of aliphatic hydroxyl groups excluding tert-OH is 1. The molecule has 0 saturated carbocycles. The summed E-state index contributed by atoms with van der Waals surface area (Å²) in [6, 6.07) is 10.8. The zero-order chi connectivity index (χ0) is 28.4. The first-order valence-electron chi connectivity index (χ1n) is 13.7. The van der Waals surface area contributed by atoms with Crippen molar-refractivity contribution in [2.45, 2.75) is 64.6 Å². The Hall–Kier alpha value is -3.69. The smallest absolute Gasteiger partial charge is 0.246 e. The van der Waals surface area contributed by atoms with Gasteiger partial charge in [-0.25, -0.2) is 9.97 Å². The molecule has 4 atom stereocenters. The van der Waals surface area contributed by atoms with Crippen LogP contribution in [-0.2, 0) is 9.59 Å². The average molecular weight is 558 g/mol. The predicted molar refractivity (Wildman–Crippen MR) is 156 cm³/mol. The van der Waals surface area contributed by atoms with Gasteiger partial charge in [-0.05, 0) is 42.0 Å². The molecule has 0 radical (unpaired) electrons. The highest BCUT2D eigenvalue weighted by molar-refractivity contribution is 7.13. The van der Waals surface area contributed by atoms with Crippen LogP contribution in [0.15, 0.2) is 66.8 Å². The minimum atomic E-state index is -0.724. The van der Waals surface area contributed by atoms with Crippen LogP contribution in [0, 0.1) is 12.8 Å². The molecular weight excluding hydrogens is 522 g/mol. The average Bonchev–Trinajstić information content (AvgIpc) is 3.69. The minimum Gasteiger partial charge on any atom is -0.391 e. The summed E-state index contributed by atoms with van der Waals surface area (Å²) in [7, 11) is 0. The van der Waals surface area contributed by atoms with Crippen molar-refractivity contribution in [2.24, 2.45) is 5.92 Å². The summed E-state index contributed by atoms with van der Waals surface area (Å²) >= 11 is 1.62. The molecule has 0 unspecified atom stereocenters. The first-order valence-corrected chi connectivity index (χ1v) is 14.6. The second kappa shape index (κ2) is 11.8. The van der Waals surface area contributed by atoms with Crippen molar-refractivity contribution in [1.82, 2.24) is 24.4 Å². The number of hydrogen-bond donors (Lipinski definition) is 1. The molecule has 1 N–H and O–H groups in total. The van der Waals surface area contributed by atoms with Crippen molar-refractivity contribution in [1.29, 1.82) is 0 Å². The van der Waals surface area contributed by atoms with Gasteiger partial charge in [-0.2, -0.15) is 0 Å². The summed E-state index contributed by atoms with van der Waals surface area (Å²) in [6.07, 6.45) is 6.78. The molecule has 1 aliphatic rings. The maximum Gasteiger partial charge on any atom is 0.246 e. The number of carbonyl (C=O) groups is 2. The molecule has 1 fully saturated rings. The third kappa shape index (κ3) is 5.76. The fourth-order valence-corrected chi connectivity index (χ4v) is 6.36. The van der Waals surface area contributed by atoms with Crippen LogP contribution in [0.1, 0.15) is 56.8 Å². The SMILES string of the molecule is Cc1ncsc1-c1ccc([C@H](C)CC(=O)[C@@H]2C[C@@H](O)CN2C(=O)[C@H](C(C)C)n2cnc(-c3ccncc3)c2)cc1. The van der Waals surface area contributed by atoms with E-state index in [1.807, 2.05) is 56.1 Å². The van der Waals surface area contributed by atoms with Gasteiger partial charge in [0.25, 0.3) is 0 Å². The number of β-amino-alcohol motifs (C(OH)–C–C–N with tert-alkyl or cyclic N) is 1. The van der Waals surface area contributed by atoms with Crippen LogP contribution >= 0.6 is 11.3 Å². The molecule has 0 aliphatic carbocycles. The van der Waals surface area contributed by atoms with E-state index >= 15 is 0 Å². The van der Waals surface area contributed by atoms with Gasteiger partial charge in [0.15, 0.2) is 5.78 Å². The Morgan fingerprint density at radius 1 is 1.05 bits per heavy atom. The summed E-state index contributed by atoms with van der Waals surface area (Å²) in [5.74, 6) is -0.248. The molecule has 0 spiro atoms. The number of thiazole rings is 1. The number of aryl methyl sites for hydroxylation is 1. The number of hydrogen-bond acceptors (Lipinski definition) is 7. The molecule has 5 rings (SSSR count). The number of Topliss-reactive ketones (excluding diaryl/α,β-unsaturated/α-hetero) is 1. The van der Waals surface area contributed by atoms with Gasteiger partial charge >= 0.3 is 0 Å². The molecule has 40 heavy (non-hydrogen) atoms. The number of likely N-dealkylation sites (tertiary alicyclic amines) is 1. The molecule has 8 nitrogen and oxygen atoms in total. The lowest BCUT2D eigenvalue weighted by Gasteiger charge is -2.31. The summed E-state index contributed by atoms with van der Waals surface area (Å²) < 4.78 is 1.82. The highest BCUT2D eigenvalue weighted by atomic mass is 32.1. The third-order valence-corrected chi connectivity index (χ3v) is 8.69. The molecule has 9 heteroatoms. The van der Waals surface area contributed by atoms with Gasteiger partial charge in [0.2, 0.25) is 5.91 Å². The van der Waals surface area contributed by atoms with Crippen molar-refractivity contribution in [2.75, 3.05) is 6.54 Å². The topological polar surface area (TPSA) is 101 Å². The van der Waals surface area contributed by atoms with Crippen molar-refractivity contribution in [3.63, 3.8) is 0 Å². The first-order chi connectivity index (χ1) is 19.2. The number of carbonyl (C=O) groups excluding carboxylic acids is 2. The van der Waals surface area contributed by atoms with Crippen LogP contribution in [-0.4, -0.2) is 59.9 Å². The van der Waals surface area contributed by atoms with Crippen LogP contribution in [0.4, 0.5) is 0 Å². The number of nitrogens with zero attached hydrogens (tertiary/aromatic N) is 5. The molecule has 4 aromatic rings.